The minimum Gasteiger partial charge on any atom is -0.468 e. The molecule has 1 fully saturated rings. The fourth-order valence-electron chi connectivity index (χ4n) is 1.74. The van der Waals surface area contributed by atoms with Gasteiger partial charge < -0.3 is 9.47 Å². The van der Waals surface area contributed by atoms with E-state index in [4.69, 9.17) is 9.47 Å². The highest BCUT2D eigenvalue weighted by atomic mass is 32.1. The van der Waals surface area contributed by atoms with Crippen LogP contribution >= 0.6 is 11.3 Å². The van der Waals surface area contributed by atoms with Gasteiger partial charge in [0.05, 0.1) is 31.0 Å². The molecule has 0 amide bonds. The summed E-state index contributed by atoms with van der Waals surface area (Å²) in [5.41, 5.74) is 0.595. The van der Waals surface area contributed by atoms with E-state index in [9.17, 15) is 4.79 Å². The number of ether oxygens (including phenoxy) is 2. The second-order valence-electron chi connectivity index (χ2n) is 4.03. The molecule has 1 aromatic rings. The Labute approximate surface area is 98.6 Å². The molecule has 0 radical (unpaired) electrons. The van der Waals surface area contributed by atoms with Crippen LogP contribution in [0.3, 0.4) is 0 Å². The number of carbonyl (C=O) groups is 1. The maximum absolute atomic E-state index is 11.7. The minimum atomic E-state index is -0.488. The minimum absolute atomic E-state index is 0.188. The highest BCUT2D eigenvalue weighted by molar-refractivity contribution is 7.09. The molecule has 2 heterocycles. The molecular formula is C11H15NO3S. The summed E-state index contributed by atoms with van der Waals surface area (Å²) < 4.78 is 9.96. The van der Waals surface area contributed by atoms with Crippen LogP contribution in [-0.4, -0.2) is 31.3 Å². The van der Waals surface area contributed by atoms with E-state index in [1.807, 2.05) is 5.38 Å². The molecule has 0 aliphatic carbocycles. The highest BCUT2D eigenvalue weighted by Crippen LogP contribution is 2.34. The molecule has 5 heteroatoms. The van der Waals surface area contributed by atoms with Gasteiger partial charge in [-0.1, -0.05) is 6.92 Å². The zero-order chi connectivity index (χ0) is 11.6. The van der Waals surface area contributed by atoms with E-state index in [-0.39, 0.29) is 5.97 Å². The van der Waals surface area contributed by atoms with Crippen molar-refractivity contribution < 1.29 is 14.3 Å². The van der Waals surface area contributed by atoms with Gasteiger partial charge in [0.15, 0.2) is 0 Å². The van der Waals surface area contributed by atoms with Crippen LogP contribution in [-0.2, 0) is 27.1 Å². The molecule has 1 aliphatic rings. The lowest BCUT2D eigenvalue weighted by Crippen LogP contribution is -2.51. The molecule has 88 valence electrons. The van der Waals surface area contributed by atoms with Crippen molar-refractivity contribution in [2.75, 3.05) is 20.3 Å². The number of nitrogens with zero attached hydrogens (tertiary/aromatic N) is 1. The van der Waals surface area contributed by atoms with Gasteiger partial charge >= 0.3 is 5.97 Å². The Bertz CT molecular complexity index is 384. The molecule has 0 N–H and O–H groups in total. The van der Waals surface area contributed by atoms with E-state index in [0.29, 0.717) is 19.6 Å². The fraction of sp³-hybridized carbons (Fsp3) is 0.636. The Kier molecular flexibility index (Phi) is 3.25. The molecule has 0 bridgehead atoms. The molecule has 0 atom stereocenters. The second kappa shape index (κ2) is 4.51. The lowest BCUT2D eigenvalue weighted by Gasteiger charge is -2.37. The Morgan fingerprint density at radius 1 is 1.69 bits per heavy atom. The zero-order valence-electron chi connectivity index (χ0n) is 9.49. The van der Waals surface area contributed by atoms with Crippen molar-refractivity contribution in [3.63, 3.8) is 0 Å². The fourth-order valence-corrected chi connectivity index (χ4v) is 2.76. The van der Waals surface area contributed by atoms with Crippen molar-refractivity contribution in [3.05, 3.63) is 16.1 Å². The summed E-state index contributed by atoms with van der Waals surface area (Å²) in [7, 11) is 1.42. The monoisotopic (exact) mass is 241 g/mol. The first-order valence-electron chi connectivity index (χ1n) is 5.29. The van der Waals surface area contributed by atoms with Crippen LogP contribution < -0.4 is 0 Å². The van der Waals surface area contributed by atoms with Crippen molar-refractivity contribution in [3.8, 4) is 0 Å². The molecule has 2 rings (SSSR count). The van der Waals surface area contributed by atoms with Crippen molar-refractivity contribution >= 4 is 17.3 Å². The van der Waals surface area contributed by atoms with Gasteiger partial charge in [0.2, 0.25) is 0 Å². The first kappa shape index (κ1) is 11.5. The molecule has 1 aromatic heterocycles. The standard InChI is InChI=1S/C11H15NO3S/c1-3-8-5-16-9(12-8)4-11(6-15-7-11)10(13)14-2/h5H,3-4,6-7H2,1-2H3. The Balaban J connectivity index is 2.09. The van der Waals surface area contributed by atoms with E-state index in [0.717, 1.165) is 17.1 Å². The van der Waals surface area contributed by atoms with Crippen LogP contribution in [0.15, 0.2) is 5.38 Å². The van der Waals surface area contributed by atoms with E-state index < -0.39 is 5.41 Å². The summed E-state index contributed by atoms with van der Waals surface area (Å²) in [5, 5.41) is 3.03. The Morgan fingerprint density at radius 3 is 2.88 bits per heavy atom. The van der Waals surface area contributed by atoms with Crippen molar-refractivity contribution in [1.29, 1.82) is 0 Å². The van der Waals surface area contributed by atoms with Crippen molar-refractivity contribution in [2.24, 2.45) is 5.41 Å². The summed E-state index contributed by atoms with van der Waals surface area (Å²) >= 11 is 1.60. The van der Waals surface area contributed by atoms with Gasteiger partial charge in [-0.15, -0.1) is 11.3 Å². The van der Waals surface area contributed by atoms with Crippen molar-refractivity contribution in [1.82, 2.24) is 4.98 Å². The molecule has 0 saturated carbocycles. The topological polar surface area (TPSA) is 48.4 Å². The van der Waals surface area contributed by atoms with Crippen LogP contribution in [0.5, 0.6) is 0 Å². The summed E-state index contributed by atoms with van der Waals surface area (Å²) in [6, 6.07) is 0. The normalized spacial score (nSPS) is 17.9. The quantitative estimate of drug-likeness (QED) is 0.748. The van der Waals surface area contributed by atoms with E-state index in [1.165, 1.54) is 7.11 Å². The molecule has 0 unspecified atom stereocenters. The Morgan fingerprint density at radius 2 is 2.44 bits per heavy atom. The largest absolute Gasteiger partial charge is 0.468 e. The number of aromatic nitrogens is 1. The predicted molar refractivity (Wildman–Crippen MR) is 60.5 cm³/mol. The number of hydrogen-bond acceptors (Lipinski definition) is 5. The van der Waals surface area contributed by atoms with Crippen LogP contribution in [0, 0.1) is 5.41 Å². The maximum Gasteiger partial charge on any atom is 0.316 e. The second-order valence-corrected chi connectivity index (χ2v) is 4.97. The van der Waals surface area contributed by atoms with Gasteiger partial charge in [-0.3, -0.25) is 4.79 Å². The maximum atomic E-state index is 11.7. The van der Waals surface area contributed by atoms with E-state index >= 15 is 0 Å². The van der Waals surface area contributed by atoms with Crippen LogP contribution in [0.4, 0.5) is 0 Å². The van der Waals surface area contributed by atoms with Gasteiger partial charge in [0.1, 0.15) is 5.41 Å². The molecule has 16 heavy (non-hydrogen) atoms. The third kappa shape index (κ3) is 1.97. The first-order valence-corrected chi connectivity index (χ1v) is 6.17. The molecule has 1 saturated heterocycles. The first-order chi connectivity index (χ1) is 7.70. The SMILES string of the molecule is CCc1csc(CC2(C(=O)OC)COC2)n1. The van der Waals surface area contributed by atoms with Gasteiger partial charge in [0, 0.05) is 11.8 Å². The van der Waals surface area contributed by atoms with Crippen LogP contribution in [0.2, 0.25) is 0 Å². The van der Waals surface area contributed by atoms with Gasteiger partial charge in [-0.05, 0) is 6.42 Å². The molecule has 4 nitrogen and oxygen atoms in total. The number of carbonyl (C=O) groups excluding carboxylic acids is 1. The number of hydrogen-bond donors (Lipinski definition) is 0. The number of esters is 1. The summed E-state index contributed by atoms with van der Waals surface area (Å²) in [6.07, 6.45) is 1.56. The average Bonchev–Trinajstić information content (AvgIpc) is 2.70. The third-order valence-electron chi connectivity index (χ3n) is 2.83. The molecular weight excluding hydrogens is 226 g/mol. The van der Waals surface area contributed by atoms with Gasteiger partial charge in [0.25, 0.3) is 0 Å². The molecule has 1 aliphatic heterocycles. The summed E-state index contributed by atoms with van der Waals surface area (Å²) in [6.45, 7) is 2.96. The number of methoxy groups -OCH3 is 1. The number of thiazole rings is 1. The molecule has 0 spiro atoms. The lowest BCUT2D eigenvalue weighted by molar-refractivity contribution is -0.182. The van der Waals surface area contributed by atoms with Crippen LogP contribution in [0.1, 0.15) is 17.6 Å². The van der Waals surface area contributed by atoms with E-state index in [2.05, 4.69) is 11.9 Å². The smallest absolute Gasteiger partial charge is 0.316 e. The number of rotatable bonds is 4. The number of aryl methyl sites for hydroxylation is 1. The summed E-state index contributed by atoms with van der Waals surface area (Å²) in [5.74, 6) is -0.188. The Hall–Kier alpha value is -0.940. The highest BCUT2D eigenvalue weighted by Gasteiger charge is 2.47. The van der Waals surface area contributed by atoms with Gasteiger partial charge in [-0.2, -0.15) is 0 Å². The molecule has 0 aromatic carbocycles. The third-order valence-corrected chi connectivity index (χ3v) is 3.72. The predicted octanol–water partition coefficient (Wildman–Crippen LogP) is 1.44. The van der Waals surface area contributed by atoms with Crippen LogP contribution in [0.25, 0.3) is 0 Å². The van der Waals surface area contributed by atoms with Gasteiger partial charge in [-0.25, -0.2) is 4.98 Å². The average molecular weight is 241 g/mol. The van der Waals surface area contributed by atoms with Crippen molar-refractivity contribution in [2.45, 2.75) is 19.8 Å². The summed E-state index contributed by atoms with van der Waals surface area (Å²) in [4.78, 5) is 16.1. The zero-order valence-corrected chi connectivity index (χ0v) is 10.3. The lowest BCUT2D eigenvalue weighted by atomic mass is 9.83. The van der Waals surface area contributed by atoms with E-state index in [1.54, 1.807) is 11.3 Å².